The fourth-order valence-corrected chi connectivity index (χ4v) is 4.50. The minimum Gasteiger partial charge on any atom is -0.378 e. The molecule has 0 unspecified atom stereocenters. The van der Waals surface area contributed by atoms with Crippen LogP contribution >= 0.6 is 0 Å². The molecule has 3 aromatic rings. The highest BCUT2D eigenvalue weighted by Gasteiger charge is 2.27. The van der Waals surface area contributed by atoms with Crippen molar-refractivity contribution in [3.05, 3.63) is 78.4 Å². The van der Waals surface area contributed by atoms with Gasteiger partial charge in [0, 0.05) is 31.4 Å². The summed E-state index contributed by atoms with van der Waals surface area (Å²) in [5, 5.41) is 0. The molecule has 4 rings (SSSR count). The van der Waals surface area contributed by atoms with Gasteiger partial charge in [-0.1, -0.05) is 73.3 Å². The van der Waals surface area contributed by atoms with Crippen LogP contribution in [-0.2, 0) is 11.3 Å². The first-order valence-corrected chi connectivity index (χ1v) is 11.5. The Balaban J connectivity index is 1.55. The topological polar surface area (TPSA) is 23.6 Å². The number of hydrogen-bond donors (Lipinski definition) is 0. The number of amides is 1. The number of benzene rings is 3. The van der Waals surface area contributed by atoms with Crippen LogP contribution in [0, 0.1) is 5.92 Å². The zero-order chi connectivity index (χ0) is 22.5. The van der Waals surface area contributed by atoms with E-state index in [4.69, 9.17) is 7.85 Å². The van der Waals surface area contributed by atoms with Gasteiger partial charge in [-0.2, -0.15) is 0 Å². The van der Waals surface area contributed by atoms with Crippen LogP contribution in [0.3, 0.4) is 0 Å². The van der Waals surface area contributed by atoms with Crippen molar-refractivity contribution in [2.24, 2.45) is 5.92 Å². The SMILES string of the molecule is [B]c1cccc(N(Cc2ccc(-c3ccc(N(C)C)cc3)cc2)C(=O)C2CCCCC2)c1. The molecule has 0 spiro atoms. The molecule has 1 fully saturated rings. The molecule has 3 nitrogen and oxygen atoms in total. The van der Waals surface area contributed by atoms with E-state index in [-0.39, 0.29) is 11.8 Å². The van der Waals surface area contributed by atoms with E-state index in [1.165, 1.54) is 23.2 Å². The monoisotopic (exact) mass is 422 g/mol. The Labute approximate surface area is 193 Å². The number of anilines is 2. The minimum atomic E-state index is 0.111. The molecule has 1 amide bonds. The first-order chi connectivity index (χ1) is 15.5. The maximum Gasteiger partial charge on any atom is 0.230 e. The van der Waals surface area contributed by atoms with Crippen molar-refractivity contribution in [2.45, 2.75) is 38.6 Å². The molecule has 1 aliphatic carbocycles. The van der Waals surface area contributed by atoms with Crippen LogP contribution in [0.2, 0.25) is 0 Å². The molecule has 1 saturated carbocycles. The lowest BCUT2D eigenvalue weighted by molar-refractivity contribution is -0.123. The van der Waals surface area contributed by atoms with Crippen molar-refractivity contribution >= 4 is 30.6 Å². The first-order valence-electron chi connectivity index (χ1n) is 11.5. The third-order valence-electron chi connectivity index (χ3n) is 6.41. The Kier molecular flexibility index (Phi) is 6.99. The largest absolute Gasteiger partial charge is 0.378 e. The first kappa shape index (κ1) is 22.2. The Morgan fingerprint density at radius 2 is 1.47 bits per heavy atom. The van der Waals surface area contributed by atoms with Crippen molar-refractivity contribution in [1.29, 1.82) is 0 Å². The Bertz CT molecular complexity index is 1040. The van der Waals surface area contributed by atoms with Gasteiger partial charge in [0.25, 0.3) is 0 Å². The summed E-state index contributed by atoms with van der Waals surface area (Å²) in [6.45, 7) is 0.554. The molecule has 1 aliphatic rings. The van der Waals surface area contributed by atoms with Crippen LogP contribution in [0.15, 0.2) is 72.8 Å². The summed E-state index contributed by atoms with van der Waals surface area (Å²) in [5.74, 6) is 0.332. The third kappa shape index (κ3) is 5.24. The standard InChI is InChI=1S/C28H31BN2O/c1-30(2)26-17-15-23(16-18-26)22-13-11-21(12-14-22)20-31(27-10-6-9-25(29)19-27)28(32)24-7-4-3-5-8-24/h6,9-19,24H,3-5,7-8,20H2,1-2H3. The van der Waals surface area contributed by atoms with Gasteiger partial charge in [0.15, 0.2) is 0 Å². The van der Waals surface area contributed by atoms with Crippen molar-refractivity contribution in [3.8, 4) is 11.1 Å². The van der Waals surface area contributed by atoms with Gasteiger partial charge in [-0.15, -0.1) is 0 Å². The summed E-state index contributed by atoms with van der Waals surface area (Å²) in [6, 6.07) is 24.8. The van der Waals surface area contributed by atoms with Crippen LogP contribution in [0.1, 0.15) is 37.7 Å². The summed E-state index contributed by atoms with van der Waals surface area (Å²) in [4.78, 5) is 17.5. The second kappa shape index (κ2) is 10.1. The van der Waals surface area contributed by atoms with Crippen LogP contribution in [-0.4, -0.2) is 27.8 Å². The predicted molar refractivity (Wildman–Crippen MR) is 136 cm³/mol. The molecule has 0 atom stereocenters. The fourth-order valence-electron chi connectivity index (χ4n) is 4.50. The zero-order valence-corrected chi connectivity index (χ0v) is 19.1. The van der Waals surface area contributed by atoms with E-state index >= 15 is 0 Å². The number of nitrogens with zero attached hydrogens (tertiary/aromatic N) is 2. The number of carbonyl (C=O) groups is 1. The van der Waals surface area contributed by atoms with Gasteiger partial charge in [-0.05, 0) is 53.8 Å². The van der Waals surface area contributed by atoms with E-state index in [0.29, 0.717) is 12.0 Å². The second-order valence-electron chi connectivity index (χ2n) is 8.99. The molecule has 2 radical (unpaired) electrons. The highest BCUT2D eigenvalue weighted by atomic mass is 16.2. The maximum absolute atomic E-state index is 13.5. The maximum atomic E-state index is 13.5. The van der Waals surface area contributed by atoms with Gasteiger partial charge in [-0.3, -0.25) is 4.79 Å². The van der Waals surface area contributed by atoms with Crippen molar-refractivity contribution in [3.63, 3.8) is 0 Å². The highest BCUT2D eigenvalue weighted by molar-refractivity contribution is 6.32. The van der Waals surface area contributed by atoms with Gasteiger partial charge in [0.1, 0.15) is 7.85 Å². The summed E-state index contributed by atoms with van der Waals surface area (Å²) in [7, 11) is 10.1. The number of rotatable bonds is 6. The van der Waals surface area contributed by atoms with E-state index in [1.54, 1.807) is 0 Å². The smallest absolute Gasteiger partial charge is 0.230 e. The quantitative estimate of drug-likeness (QED) is 0.502. The van der Waals surface area contributed by atoms with E-state index in [0.717, 1.165) is 36.9 Å². The highest BCUT2D eigenvalue weighted by Crippen LogP contribution is 2.29. The van der Waals surface area contributed by atoms with Crippen LogP contribution in [0.4, 0.5) is 11.4 Å². The predicted octanol–water partition coefficient (Wildman–Crippen LogP) is 5.33. The molecule has 0 N–H and O–H groups in total. The lowest BCUT2D eigenvalue weighted by Crippen LogP contribution is -2.37. The van der Waals surface area contributed by atoms with Gasteiger partial charge < -0.3 is 9.80 Å². The van der Waals surface area contributed by atoms with Crippen LogP contribution < -0.4 is 15.3 Å². The lowest BCUT2D eigenvalue weighted by atomic mass is 9.87. The molecule has 32 heavy (non-hydrogen) atoms. The summed E-state index contributed by atoms with van der Waals surface area (Å²) in [5.41, 5.74) is 6.22. The number of carbonyl (C=O) groups excluding carboxylic acids is 1. The molecular weight excluding hydrogens is 391 g/mol. The summed E-state index contributed by atoms with van der Waals surface area (Å²) < 4.78 is 0. The molecule has 0 heterocycles. The Morgan fingerprint density at radius 3 is 2.06 bits per heavy atom. The third-order valence-corrected chi connectivity index (χ3v) is 6.41. The van der Waals surface area contributed by atoms with Crippen molar-refractivity contribution in [1.82, 2.24) is 0 Å². The van der Waals surface area contributed by atoms with E-state index in [9.17, 15) is 4.79 Å². The molecule has 0 saturated heterocycles. The number of hydrogen-bond acceptors (Lipinski definition) is 2. The van der Waals surface area contributed by atoms with E-state index < -0.39 is 0 Å². The molecule has 4 heteroatoms. The van der Waals surface area contributed by atoms with Gasteiger partial charge >= 0.3 is 0 Å². The molecule has 162 valence electrons. The molecule has 3 aromatic carbocycles. The molecule has 0 aromatic heterocycles. The van der Waals surface area contributed by atoms with Crippen molar-refractivity contribution in [2.75, 3.05) is 23.9 Å². The Morgan fingerprint density at radius 1 is 0.844 bits per heavy atom. The lowest BCUT2D eigenvalue weighted by Gasteiger charge is -2.30. The van der Waals surface area contributed by atoms with E-state index in [2.05, 4.69) is 53.4 Å². The summed E-state index contributed by atoms with van der Waals surface area (Å²) in [6.07, 6.45) is 5.49. The van der Waals surface area contributed by atoms with Gasteiger partial charge in [0.2, 0.25) is 5.91 Å². The van der Waals surface area contributed by atoms with Crippen molar-refractivity contribution < 1.29 is 4.79 Å². The molecular formula is C28H31BN2O. The van der Waals surface area contributed by atoms with Gasteiger partial charge in [-0.25, -0.2) is 0 Å². The average Bonchev–Trinajstić information content (AvgIpc) is 2.83. The van der Waals surface area contributed by atoms with Crippen LogP contribution in [0.25, 0.3) is 11.1 Å². The normalized spacial score (nSPS) is 14.2. The summed E-state index contributed by atoms with van der Waals surface area (Å²) >= 11 is 0. The minimum absolute atomic E-state index is 0.111. The van der Waals surface area contributed by atoms with E-state index in [1.807, 2.05) is 43.3 Å². The molecule has 0 bridgehead atoms. The molecule has 0 aliphatic heterocycles. The second-order valence-corrected chi connectivity index (χ2v) is 8.99. The average molecular weight is 422 g/mol. The zero-order valence-electron chi connectivity index (χ0n) is 19.1. The Hall–Kier alpha value is -3.01. The van der Waals surface area contributed by atoms with Crippen LogP contribution in [0.5, 0.6) is 0 Å². The van der Waals surface area contributed by atoms with Gasteiger partial charge in [0.05, 0.1) is 6.54 Å². The fraction of sp³-hybridized carbons (Fsp3) is 0.321.